The number of hydrogen-bond acceptors (Lipinski definition) is 5. The number of hydrazone groups is 1. The van der Waals surface area contributed by atoms with Gasteiger partial charge in [0.05, 0.1) is 25.4 Å². The maximum absolute atomic E-state index is 11.4. The third-order valence-corrected chi connectivity index (χ3v) is 2.93. The highest BCUT2D eigenvalue weighted by Crippen LogP contribution is 2.24. The highest BCUT2D eigenvalue weighted by molar-refractivity contribution is 6.37. The molecule has 0 saturated carbocycles. The van der Waals surface area contributed by atoms with Crippen molar-refractivity contribution in [3.05, 3.63) is 29.8 Å². The largest absolute Gasteiger partial charge is 0.464 e. The van der Waals surface area contributed by atoms with Crippen LogP contribution in [0.4, 0.5) is 5.69 Å². The molecule has 96 valence electrons. The van der Waals surface area contributed by atoms with E-state index in [4.69, 9.17) is 0 Å². The number of rotatable bonds is 3. The Hall–Kier alpha value is -1.88. The number of carbonyl (C=O) groups excluding carboxylic acids is 1. The maximum Gasteiger partial charge on any atom is 0.354 e. The van der Waals surface area contributed by atoms with Gasteiger partial charge in [-0.15, -0.1) is 0 Å². The predicted octanol–water partition coefficient (Wildman–Crippen LogP) is 1.10. The van der Waals surface area contributed by atoms with Crippen LogP contribution >= 0.6 is 0 Å². The molecule has 1 N–H and O–H groups in total. The van der Waals surface area contributed by atoms with E-state index in [-0.39, 0.29) is 12.6 Å². The van der Waals surface area contributed by atoms with Gasteiger partial charge in [0, 0.05) is 6.42 Å². The highest BCUT2D eigenvalue weighted by Gasteiger charge is 2.31. The molecule has 0 spiro atoms. The molecule has 5 nitrogen and oxygen atoms in total. The average molecular weight is 248 g/mol. The van der Waals surface area contributed by atoms with Crippen LogP contribution in [0.1, 0.15) is 12.0 Å². The Labute approximate surface area is 106 Å². The summed E-state index contributed by atoms with van der Waals surface area (Å²) in [5.74, 6) is -0.442. The van der Waals surface area contributed by atoms with Crippen molar-refractivity contribution in [1.29, 1.82) is 0 Å². The molecule has 0 fully saturated rings. The zero-order valence-corrected chi connectivity index (χ0v) is 10.5. The number of hydrogen-bond donors (Lipinski definition) is 1. The van der Waals surface area contributed by atoms with E-state index in [1.54, 1.807) is 5.01 Å². The van der Waals surface area contributed by atoms with Gasteiger partial charge in [0.25, 0.3) is 0 Å². The van der Waals surface area contributed by atoms with Crippen molar-refractivity contribution < 1.29 is 14.6 Å². The van der Waals surface area contributed by atoms with E-state index >= 15 is 0 Å². The Balaban J connectivity index is 2.27. The van der Waals surface area contributed by atoms with Crippen molar-refractivity contribution in [2.45, 2.75) is 19.4 Å². The maximum atomic E-state index is 11.4. The van der Waals surface area contributed by atoms with Gasteiger partial charge in [-0.05, 0) is 19.1 Å². The van der Waals surface area contributed by atoms with E-state index in [2.05, 4.69) is 9.84 Å². The fraction of sp³-hybridized carbons (Fsp3) is 0.385. The van der Waals surface area contributed by atoms with Crippen LogP contribution < -0.4 is 5.01 Å². The first-order chi connectivity index (χ1) is 8.65. The SMILES string of the molecule is COC(=O)C1=NN(c2ccc(C)cc2)C(CO)C1. The van der Waals surface area contributed by atoms with E-state index in [1.807, 2.05) is 31.2 Å². The van der Waals surface area contributed by atoms with Crippen molar-refractivity contribution in [2.24, 2.45) is 5.10 Å². The second-order valence-electron chi connectivity index (χ2n) is 4.26. The van der Waals surface area contributed by atoms with Gasteiger partial charge in [-0.1, -0.05) is 17.7 Å². The topological polar surface area (TPSA) is 62.1 Å². The van der Waals surface area contributed by atoms with Gasteiger partial charge in [0.1, 0.15) is 5.71 Å². The van der Waals surface area contributed by atoms with Crippen molar-refractivity contribution >= 4 is 17.4 Å². The molecule has 0 amide bonds. The molecule has 1 aromatic carbocycles. The molecule has 1 aromatic rings. The molecule has 2 rings (SSSR count). The highest BCUT2D eigenvalue weighted by atomic mass is 16.5. The monoisotopic (exact) mass is 248 g/mol. The molecular weight excluding hydrogens is 232 g/mol. The second-order valence-corrected chi connectivity index (χ2v) is 4.26. The number of aryl methyl sites for hydroxylation is 1. The van der Waals surface area contributed by atoms with Crippen LogP contribution in [0.2, 0.25) is 0 Å². The van der Waals surface area contributed by atoms with Gasteiger partial charge in [-0.2, -0.15) is 5.10 Å². The first-order valence-corrected chi connectivity index (χ1v) is 5.78. The van der Waals surface area contributed by atoms with Gasteiger partial charge in [0.2, 0.25) is 0 Å². The smallest absolute Gasteiger partial charge is 0.354 e. The predicted molar refractivity (Wildman–Crippen MR) is 68.6 cm³/mol. The van der Waals surface area contributed by atoms with E-state index in [1.165, 1.54) is 7.11 Å². The Bertz CT molecular complexity index is 468. The van der Waals surface area contributed by atoms with E-state index < -0.39 is 5.97 Å². The molecule has 1 heterocycles. The molecule has 1 atom stereocenters. The number of carbonyl (C=O) groups is 1. The number of aliphatic hydroxyl groups is 1. The Kier molecular flexibility index (Phi) is 3.62. The van der Waals surface area contributed by atoms with Crippen LogP contribution in [0.15, 0.2) is 29.4 Å². The van der Waals surface area contributed by atoms with Crippen LogP contribution in [-0.2, 0) is 9.53 Å². The fourth-order valence-corrected chi connectivity index (χ4v) is 1.91. The van der Waals surface area contributed by atoms with Gasteiger partial charge in [0.15, 0.2) is 0 Å². The summed E-state index contributed by atoms with van der Waals surface area (Å²) in [5, 5.41) is 15.3. The van der Waals surface area contributed by atoms with Gasteiger partial charge in [-0.25, -0.2) is 4.79 Å². The lowest BCUT2D eigenvalue weighted by Gasteiger charge is -2.21. The number of anilines is 1. The van der Waals surface area contributed by atoms with E-state index in [9.17, 15) is 9.90 Å². The number of esters is 1. The zero-order valence-electron chi connectivity index (χ0n) is 10.5. The number of nitrogens with zero attached hydrogens (tertiary/aromatic N) is 2. The lowest BCUT2D eigenvalue weighted by molar-refractivity contribution is -0.132. The molecular formula is C13H16N2O3. The normalized spacial score (nSPS) is 18.7. The number of aliphatic hydroxyl groups excluding tert-OH is 1. The Morgan fingerprint density at radius 2 is 2.17 bits per heavy atom. The summed E-state index contributed by atoms with van der Waals surface area (Å²) >= 11 is 0. The van der Waals surface area contributed by atoms with Gasteiger partial charge >= 0.3 is 5.97 Å². The second kappa shape index (κ2) is 5.18. The zero-order chi connectivity index (χ0) is 13.1. The van der Waals surface area contributed by atoms with E-state index in [0.717, 1.165) is 11.3 Å². The van der Waals surface area contributed by atoms with Gasteiger partial charge < -0.3 is 9.84 Å². The summed E-state index contributed by atoms with van der Waals surface area (Å²) in [5.41, 5.74) is 2.35. The lowest BCUT2D eigenvalue weighted by atomic mass is 10.1. The summed E-state index contributed by atoms with van der Waals surface area (Å²) in [6.07, 6.45) is 0.400. The molecule has 1 aliphatic rings. The van der Waals surface area contributed by atoms with Crippen LogP contribution in [0.25, 0.3) is 0 Å². The lowest BCUT2D eigenvalue weighted by Crippen LogP contribution is -2.29. The fourth-order valence-electron chi connectivity index (χ4n) is 1.91. The summed E-state index contributed by atoms with van der Waals surface area (Å²) in [4.78, 5) is 11.4. The minimum atomic E-state index is -0.442. The Morgan fingerprint density at radius 1 is 1.50 bits per heavy atom. The minimum absolute atomic E-state index is 0.0577. The van der Waals surface area contributed by atoms with Crippen molar-refractivity contribution in [2.75, 3.05) is 18.7 Å². The quantitative estimate of drug-likeness (QED) is 0.813. The van der Waals surface area contributed by atoms with E-state index in [0.29, 0.717) is 12.1 Å². The summed E-state index contributed by atoms with van der Waals surface area (Å²) in [6, 6.07) is 7.57. The first kappa shape index (κ1) is 12.6. The first-order valence-electron chi connectivity index (χ1n) is 5.78. The molecule has 0 radical (unpaired) electrons. The molecule has 18 heavy (non-hydrogen) atoms. The van der Waals surface area contributed by atoms with Crippen LogP contribution in [0, 0.1) is 6.92 Å². The number of methoxy groups -OCH3 is 1. The van der Waals surface area contributed by atoms with Crippen LogP contribution in [-0.4, -0.2) is 36.5 Å². The molecule has 0 aliphatic carbocycles. The molecule has 0 bridgehead atoms. The summed E-state index contributed by atoms with van der Waals surface area (Å²) in [6.45, 7) is 1.94. The summed E-state index contributed by atoms with van der Waals surface area (Å²) in [7, 11) is 1.33. The molecule has 0 saturated heterocycles. The van der Waals surface area contributed by atoms with Crippen molar-refractivity contribution in [3.8, 4) is 0 Å². The molecule has 5 heteroatoms. The van der Waals surface area contributed by atoms with Crippen molar-refractivity contribution in [1.82, 2.24) is 0 Å². The Morgan fingerprint density at radius 3 is 2.72 bits per heavy atom. The molecule has 0 aromatic heterocycles. The van der Waals surface area contributed by atoms with Crippen LogP contribution in [0.5, 0.6) is 0 Å². The summed E-state index contributed by atoms with van der Waals surface area (Å²) < 4.78 is 4.65. The van der Waals surface area contributed by atoms with Crippen molar-refractivity contribution in [3.63, 3.8) is 0 Å². The molecule has 1 unspecified atom stereocenters. The third kappa shape index (κ3) is 2.36. The minimum Gasteiger partial charge on any atom is -0.464 e. The third-order valence-electron chi connectivity index (χ3n) is 2.93. The van der Waals surface area contributed by atoms with Crippen LogP contribution in [0.3, 0.4) is 0 Å². The number of benzene rings is 1. The standard InChI is InChI=1S/C13H16N2O3/c1-9-3-5-10(6-4-9)15-11(8-16)7-12(14-15)13(17)18-2/h3-6,11,16H,7-8H2,1-2H3. The number of ether oxygens (including phenoxy) is 1. The molecule has 1 aliphatic heterocycles. The average Bonchev–Trinajstić information content (AvgIpc) is 2.83. The van der Waals surface area contributed by atoms with Gasteiger partial charge in [-0.3, -0.25) is 5.01 Å².